The Labute approximate surface area is 147 Å². The van der Waals surface area contributed by atoms with Gasteiger partial charge in [0.1, 0.15) is 11.6 Å². The number of rotatable bonds is 5. The Morgan fingerprint density at radius 3 is 2.68 bits per heavy atom. The summed E-state index contributed by atoms with van der Waals surface area (Å²) in [4.78, 5) is 12.2. The van der Waals surface area contributed by atoms with Crippen LogP contribution in [0.4, 0.5) is 10.2 Å². The van der Waals surface area contributed by atoms with E-state index >= 15 is 0 Å². The molecule has 0 saturated carbocycles. The lowest BCUT2D eigenvalue weighted by Gasteiger charge is -2.10. The summed E-state index contributed by atoms with van der Waals surface area (Å²) < 4.78 is 19.7. The van der Waals surface area contributed by atoms with Crippen LogP contribution in [0.2, 0.25) is 0 Å². The van der Waals surface area contributed by atoms with E-state index < -0.39 is 5.25 Å². The first-order valence-corrected chi connectivity index (χ1v) is 8.38. The lowest BCUT2D eigenvalue weighted by Crippen LogP contribution is -2.23. The molecule has 25 heavy (non-hydrogen) atoms. The van der Waals surface area contributed by atoms with Crippen LogP contribution < -0.4 is 5.32 Å². The van der Waals surface area contributed by atoms with Crippen molar-refractivity contribution in [2.75, 3.05) is 5.32 Å². The predicted octanol–water partition coefficient (Wildman–Crippen LogP) is 3.04. The van der Waals surface area contributed by atoms with Crippen LogP contribution in [0.1, 0.15) is 12.7 Å². The summed E-state index contributed by atoms with van der Waals surface area (Å²) in [6.45, 7) is 3.51. The summed E-state index contributed by atoms with van der Waals surface area (Å²) >= 11 is 1.27. The number of hydrogen-bond donors (Lipinski definition) is 1. The highest BCUT2D eigenvalue weighted by molar-refractivity contribution is 8.00. The second kappa shape index (κ2) is 7.06. The third kappa shape index (κ3) is 3.87. The van der Waals surface area contributed by atoms with Gasteiger partial charge in [-0.25, -0.2) is 4.39 Å². The Morgan fingerprint density at radius 1 is 1.32 bits per heavy atom. The highest BCUT2D eigenvalue weighted by Gasteiger charge is 2.20. The van der Waals surface area contributed by atoms with E-state index in [4.69, 9.17) is 4.52 Å². The van der Waals surface area contributed by atoms with E-state index in [1.54, 1.807) is 43.7 Å². The van der Waals surface area contributed by atoms with Crippen LogP contribution in [0.25, 0.3) is 11.4 Å². The SMILES string of the molecule is Cc1cc(NC(=O)C(C)Sc2nnc(-c3ccc(F)cc3)n2C)no1. The van der Waals surface area contributed by atoms with Crippen LogP contribution in [0.15, 0.2) is 40.0 Å². The molecule has 1 atom stereocenters. The maximum absolute atomic E-state index is 13.0. The van der Waals surface area contributed by atoms with Crippen molar-refractivity contribution in [2.24, 2.45) is 7.05 Å². The number of aromatic nitrogens is 4. The minimum Gasteiger partial charge on any atom is -0.360 e. The zero-order chi connectivity index (χ0) is 18.0. The van der Waals surface area contributed by atoms with E-state index in [2.05, 4.69) is 20.7 Å². The number of thioether (sulfide) groups is 1. The first-order valence-electron chi connectivity index (χ1n) is 7.50. The standard InChI is InChI=1S/C16H16FN5O2S/c1-9-8-13(21-24-9)18-15(23)10(2)25-16-20-19-14(22(16)3)11-4-6-12(17)7-5-11/h4-8,10H,1-3H3,(H,18,21,23). The second-order valence-corrected chi connectivity index (χ2v) is 6.75. The Kier molecular flexibility index (Phi) is 4.84. The van der Waals surface area contributed by atoms with Gasteiger partial charge in [-0.3, -0.25) is 4.79 Å². The molecule has 3 aromatic rings. The van der Waals surface area contributed by atoms with Crippen molar-refractivity contribution in [3.05, 3.63) is 41.9 Å². The highest BCUT2D eigenvalue weighted by Crippen LogP contribution is 2.26. The van der Waals surface area contributed by atoms with Gasteiger partial charge in [0.2, 0.25) is 5.91 Å². The number of carbonyl (C=O) groups excluding carboxylic acids is 1. The predicted molar refractivity (Wildman–Crippen MR) is 91.6 cm³/mol. The van der Waals surface area contributed by atoms with Crippen molar-refractivity contribution in [1.29, 1.82) is 0 Å². The van der Waals surface area contributed by atoms with Crippen LogP contribution in [-0.2, 0) is 11.8 Å². The summed E-state index contributed by atoms with van der Waals surface area (Å²) in [7, 11) is 1.80. The fraction of sp³-hybridized carbons (Fsp3) is 0.250. The van der Waals surface area contributed by atoms with E-state index in [9.17, 15) is 9.18 Å². The van der Waals surface area contributed by atoms with Gasteiger partial charge < -0.3 is 14.4 Å². The van der Waals surface area contributed by atoms with Crippen LogP contribution in [0.5, 0.6) is 0 Å². The summed E-state index contributed by atoms with van der Waals surface area (Å²) in [5.74, 6) is 1.06. The summed E-state index contributed by atoms with van der Waals surface area (Å²) in [5, 5.41) is 14.8. The Morgan fingerprint density at radius 2 is 2.04 bits per heavy atom. The van der Waals surface area contributed by atoms with Crippen LogP contribution in [0, 0.1) is 12.7 Å². The van der Waals surface area contributed by atoms with Gasteiger partial charge in [-0.2, -0.15) is 0 Å². The van der Waals surface area contributed by atoms with Gasteiger partial charge in [0.15, 0.2) is 16.8 Å². The van der Waals surface area contributed by atoms with Gasteiger partial charge in [0.25, 0.3) is 0 Å². The molecule has 2 aromatic heterocycles. The molecule has 0 spiro atoms. The van der Waals surface area contributed by atoms with E-state index in [0.29, 0.717) is 22.6 Å². The molecule has 0 bridgehead atoms. The van der Waals surface area contributed by atoms with Crippen molar-refractivity contribution in [3.8, 4) is 11.4 Å². The Hall–Kier alpha value is -2.68. The summed E-state index contributed by atoms with van der Waals surface area (Å²) in [5.41, 5.74) is 0.749. The van der Waals surface area contributed by atoms with Crippen molar-refractivity contribution in [1.82, 2.24) is 19.9 Å². The first kappa shape index (κ1) is 17.2. The first-order chi connectivity index (χ1) is 11.9. The third-order valence-electron chi connectivity index (χ3n) is 3.47. The van der Waals surface area contributed by atoms with Gasteiger partial charge in [0, 0.05) is 18.7 Å². The van der Waals surface area contributed by atoms with Crippen molar-refractivity contribution < 1.29 is 13.7 Å². The molecule has 0 aliphatic rings. The molecule has 2 heterocycles. The molecule has 0 aliphatic heterocycles. The average Bonchev–Trinajstić information content (AvgIpc) is 3.15. The molecule has 0 fully saturated rings. The smallest absolute Gasteiger partial charge is 0.238 e. The lowest BCUT2D eigenvalue weighted by atomic mass is 10.2. The van der Waals surface area contributed by atoms with Gasteiger partial charge in [-0.1, -0.05) is 16.9 Å². The number of nitrogens with zero attached hydrogens (tertiary/aromatic N) is 4. The van der Waals surface area contributed by atoms with Crippen LogP contribution >= 0.6 is 11.8 Å². The molecule has 130 valence electrons. The maximum Gasteiger partial charge on any atom is 0.238 e. The van der Waals surface area contributed by atoms with E-state index in [1.165, 1.54) is 23.9 Å². The molecule has 0 aliphatic carbocycles. The van der Waals surface area contributed by atoms with Crippen LogP contribution in [0.3, 0.4) is 0 Å². The quantitative estimate of drug-likeness (QED) is 0.703. The lowest BCUT2D eigenvalue weighted by molar-refractivity contribution is -0.115. The number of carbonyl (C=O) groups is 1. The molecule has 1 N–H and O–H groups in total. The Bertz CT molecular complexity index is 890. The minimum absolute atomic E-state index is 0.218. The van der Waals surface area contributed by atoms with Gasteiger partial charge in [-0.05, 0) is 38.1 Å². The fourth-order valence-electron chi connectivity index (χ4n) is 2.13. The molecule has 9 heteroatoms. The molecule has 1 amide bonds. The number of anilines is 1. The number of benzene rings is 1. The van der Waals surface area contributed by atoms with E-state index in [0.717, 1.165) is 5.56 Å². The van der Waals surface area contributed by atoms with Crippen molar-refractivity contribution in [3.63, 3.8) is 0 Å². The Balaban J connectivity index is 1.70. The zero-order valence-electron chi connectivity index (χ0n) is 13.9. The van der Waals surface area contributed by atoms with Gasteiger partial charge in [0.05, 0.1) is 5.25 Å². The largest absolute Gasteiger partial charge is 0.360 e. The second-order valence-electron chi connectivity index (χ2n) is 5.44. The van der Waals surface area contributed by atoms with Crippen molar-refractivity contribution in [2.45, 2.75) is 24.3 Å². The number of halogens is 1. The van der Waals surface area contributed by atoms with Crippen LogP contribution in [-0.4, -0.2) is 31.1 Å². The topological polar surface area (TPSA) is 85.8 Å². The molecular weight excluding hydrogens is 345 g/mol. The van der Waals surface area contributed by atoms with Crippen molar-refractivity contribution >= 4 is 23.5 Å². The van der Waals surface area contributed by atoms with E-state index in [1.807, 2.05) is 0 Å². The highest BCUT2D eigenvalue weighted by atomic mass is 32.2. The monoisotopic (exact) mass is 361 g/mol. The normalized spacial score (nSPS) is 12.2. The van der Waals surface area contributed by atoms with Gasteiger partial charge in [-0.15, -0.1) is 10.2 Å². The number of nitrogens with one attached hydrogen (secondary N) is 1. The molecule has 1 unspecified atom stereocenters. The minimum atomic E-state index is -0.416. The molecule has 0 saturated heterocycles. The average molecular weight is 361 g/mol. The molecule has 3 rings (SSSR count). The van der Waals surface area contributed by atoms with E-state index in [-0.39, 0.29) is 11.7 Å². The summed E-state index contributed by atoms with van der Waals surface area (Å²) in [6.07, 6.45) is 0. The fourth-order valence-corrected chi connectivity index (χ4v) is 2.95. The molecule has 7 nitrogen and oxygen atoms in total. The third-order valence-corrected chi connectivity index (χ3v) is 4.60. The summed E-state index contributed by atoms with van der Waals surface area (Å²) in [6, 6.07) is 7.65. The zero-order valence-corrected chi connectivity index (χ0v) is 14.7. The molecule has 1 aromatic carbocycles. The number of aryl methyl sites for hydroxylation is 1. The maximum atomic E-state index is 13.0. The number of amides is 1. The molecule has 0 radical (unpaired) electrons. The van der Waals surface area contributed by atoms with Gasteiger partial charge >= 0.3 is 0 Å². The number of hydrogen-bond acceptors (Lipinski definition) is 6. The molecular formula is C16H16FN5O2S.